The van der Waals surface area contributed by atoms with E-state index >= 15 is 0 Å². The van der Waals surface area contributed by atoms with Gasteiger partial charge < -0.3 is 0 Å². The molecule has 1 fully saturated rings. The Kier molecular flexibility index (Phi) is 3.38. The Morgan fingerprint density at radius 2 is 2.18 bits per heavy atom. The summed E-state index contributed by atoms with van der Waals surface area (Å²) in [5, 5.41) is 1.18. The van der Waals surface area contributed by atoms with Gasteiger partial charge in [0.15, 0.2) is 0 Å². The Morgan fingerprint density at radius 1 is 1.45 bits per heavy atom. The van der Waals surface area contributed by atoms with Crippen molar-refractivity contribution in [3.8, 4) is 0 Å². The molecule has 0 radical (unpaired) electrons. The van der Waals surface area contributed by atoms with Gasteiger partial charge >= 0.3 is 0 Å². The zero-order valence-corrected chi connectivity index (χ0v) is 8.44. The lowest BCUT2D eigenvalue weighted by molar-refractivity contribution is 0.538. The summed E-state index contributed by atoms with van der Waals surface area (Å²) in [6.45, 7) is 3.63. The van der Waals surface area contributed by atoms with Gasteiger partial charge in [0, 0.05) is 5.33 Å². The minimum atomic E-state index is 0.672. The number of rotatable bonds is 5. The highest BCUT2D eigenvalue weighted by Gasteiger charge is 2.40. The van der Waals surface area contributed by atoms with Crippen LogP contribution in [0.4, 0.5) is 0 Å². The molecule has 0 atom stereocenters. The topological polar surface area (TPSA) is 0 Å². The summed E-state index contributed by atoms with van der Waals surface area (Å²) in [5.74, 6) is 0. The molecule has 11 heavy (non-hydrogen) atoms. The molecule has 0 heterocycles. The van der Waals surface area contributed by atoms with Crippen molar-refractivity contribution in [2.45, 2.75) is 25.7 Å². The van der Waals surface area contributed by atoms with Crippen LogP contribution in [0, 0.1) is 5.41 Å². The van der Waals surface area contributed by atoms with Gasteiger partial charge in [0.25, 0.3) is 0 Å². The minimum Gasteiger partial charge on any atom is -0.0991 e. The van der Waals surface area contributed by atoms with Crippen LogP contribution in [0.1, 0.15) is 25.7 Å². The van der Waals surface area contributed by atoms with E-state index in [1.807, 2.05) is 12.2 Å². The molecular formula is C10H15Br. The number of hydrogen-bond acceptors (Lipinski definition) is 0. The minimum absolute atomic E-state index is 0.672. The Balaban J connectivity index is 2.12. The van der Waals surface area contributed by atoms with E-state index in [0.29, 0.717) is 5.41 Å². The third-order valence-electron chi connectivity index (χ3n) is 2.35. The second kappa shape index (κ2) is 4.10. The van der Waals surface area contributed by atoms with Crippen molar-refractivity contribution in [3.63, 3.8) is 0 Å². The molecule has 1 aliphatic carbocycles. The summed E-state index contributed by atoms with van der Waals surface area (Å²) < 4.78 is 0. The molecule has 0 saturated heterocycles. The van der Waals surface area contributed by atoms with Gasteiger partial charge in [0.05, 0.1) is 0 Å². The highest BCUT2D eigenvalue weighted by molar-refractivity contribution is 9.09. The van der Waals surface area contributed by atoms with Gasteiger partial charge in [-0.05, 0) is 31.1 Å². The summed E-state index contributed by atoms with van der Waals surface area (Å²) in [5.41, 5.74) is 0.672. The van der Waals surface area contributed by atoms with E-state index in [-0.39, 0.29) is 0 Å². The van der Waals surface area contributed by atoms with Gasteiger partial charge in [-0.25, -0.2) is 0 Å². The fourth-order valence-corrected chi connectivity index (χ4v) is 2.05. The van der Waals surface area contributed by atoms with E-state index in [0.717, 1.165) is 0 Å². The molecule has 1 heteroatoms. The predicted molar refractivity (Wildman–Crippen MR) is 54.0 cm³/mol. The summed E-state index contributed by atoms with van der Waals surface area (Å²) in [7, 11) is 0. The summed E-state index contributed by atoms with van der Waals surface area (Å²) in [6.07, 6.45) is 11.5. The number of halogens is 1. The molecule has 0 amide bonds. The highest BCUT2D eigenvalue weighted by atomic mass is 79.9. The average molecular weight is 215 g/mol. The monoisotopic (exact) mass is 214 g/mol. The van der Waals surface area contributed by atoms with Gasteiger partial charge in [-0.3, -0.25) is 0 Å². The molecule has 0 spiro atoms. The number of hydrogen-bond donors (Lipinski definition) is 0. The third-order valence-corrected chi connectivity index (χ3v) is 3.54. The Hall–Kier alpha value is -0.0400. The van der Waals surface area contributed by atoms with Crippen LogP contribution < -0.4 is 0 Å². The standard InChI is InChI=1S/C10H15Br/c1-2-3-4-5-6-10(9-11)7-8-10/h2-4H,1,5-9H2/b4-3+. The van der Waals surface area contributed by atoms with Crippen molar-refractivity contribution in [2.24, 2.45) is 5.41 Å². The molecule has 0 aromatic rings. The first kappa shape index (κ1) is 9.05. The molecule has 0 nitrogen and oxygen atoms in total. The van der Waals surface area contributed by atoms with Crippen molar-refractivity contribution < 1.29 is 0 Å². The Bertz CT molecular complexity index is 154. The third kappa shape index (κ3) is 2.82. The van der Waals surface area contributed by atoms with Crippen LogP contribution in [0.3, 0.4) is 0 Å². The zero-order chi connectivity index (χ0) is 8.16. The van der Waals surface area contributed by atoms with E-state index < -0.39 is 0 Å². The maximum absolute atomic E-state index is 3.63. The van der Waals surface area contributed by atoms with E-state index in [1.54, 1.807) is 0 Å². The predicted octanol–water partition coefficient (Wildman–Crippen LogP) is 3.68. The molecule has 0 N–H and O–H groups in total. The highest BCUT2D eigenvalue weighted by Crippen LogP contribution is 2.50. The van der Waals surface area contributed by atoms with Crippen LogP contribution in [0.5, 0.6) is 0 Å². The SMILES string of the molecule is C=C/C=C/CCC1(CBr)CC1. The quantitative estimate of drug-likeness (QED) is 0.484. The number of allylic oxidation sites excluding steroid dienone is 3. The van der Waals surface area contributed by atoms with E-state index in [4.69, 9.17) is 0 Å². The van der Waals surface area contributed by atoms with E-state index in [9.17, 15) is 0 Å². The van der Waals surface area contributed by atoms with Crippen molar-refractivity contribution in [1.82, 2.24) is 0 Å². The summed E-state index contributed by atoms with van der Waals surface area (Å²) in [4.78, 5) is 0. The van der Waals surface area contributed by atoms with Gasteiger partial charge in [0.1, 0.15) is 0 Å². The fourth-order valence-electron chi connectivity index (χ4n) is 1.21. The Morgan fingerprint density at radius 3 is 2.64 bits per heavy atom. The average Bonchev–Trinajstić information content (AvgIpc) is 2.80. The van der Waals surface area contributed by atoms with Crippen molar-refractivity contribution in [2.75, 3.05) is 5.33 Å². The van der Waals surface area contributed by atoms with Gasteiger partial charge in [0.2, 0.25) is 0 Å². The first-order valence-electron chi connectivity index (χ1n) is 4.16. The molecule has 62 valence electrons. The van der Waals surface area contributed by atoms with E-state index in [1.165, 1.54) is 31.0 Å². The van der Waals surface area contributed by atoms with E-state index in [2.05, 4.69) is 28.6 Å². The lowest BCUT2D eigenvalue weighted by atomic mass is 10.0. The number of alkyl halides is 1. The maximum atomic E-state index is 3.63. The van der Waals surface area contributed by atoms with Gasteiger partial charge in [-0.15, -0.1) is 0 Å². The van der Waals surface area contributed by atoms with Crippen LogP contribution in [0.2, 0.25) is 0 Å². The van der Waals surface area contributed by atoms with Crippen LogP contribution in [0.15, 0.2) is 24.8 Å². The summed E-state index contributed by atoms with van der Waals surface area (Å²) in [6, 6.07) is 0. The molecular weight excluding hydrogens is 200 g/mol. The van der Waals surface area contributed by atoms with Gasteiger partial charge in [-0.2, -0.15) is 0 Å². The Labute approximate surface area is 77.5 Å². The first-order chi connectivity index (χ1) is 5.33. The molecule has 0 aromatic heterocycles. The lowest BCUT2D eigenvalue weighted by Gasteiger charge is -2.07. The second-order valence-corrected chi connectivity index (χ2v) is 3.90. The van der Waals surface area contributed by atoms with Crippen molar-refractivity contribution in [1.29, 1.82) is 0 Å². The smallest absolute Gasteiger partial charge is 0.00880 e. The van der Waals surface area contributed by atoms with Gasteiger partial charge in [-0.1, -0.05) is 40.7 Å². The normalized spacial score (nSPS) is 20.5. The van der Waals surface area contributed by atoms with Crippen molar-refractivity contribution in [3.05, 3.63) is 24.8 Å². The molecule has 1 saturated carbocycles. The first-order valence-corrected chi connectivity index (χ1v) is 5.29. The molecule has 0 aromatic carbocycles. The fraction of sp³-hybridized carbons (Fsp3) is 0.600. The van der Waals surface area contributed by atoms with Crippen LogP contribution in [0.25, 0.3) is 0 Å². The largest absolute Gasteiger partial charge is 0.0991 e. The molecule has 1 rings (SSSR count). The molecule has 0 aliphatic heterocycles. The maximum Gasteiger partial charge on any atom is 0.00880 e. The molecule has 0 unspecified atom stereocenters. The second-order valence-electron chi connectivity index (χ2n) is 3.34. The lowest BCUT2D eigenvalue weighted by Crippen LogP contribution is -1.99. The molecule has 0 bridgehead atoms. The summed E-state index contributed by atoms with van der Waals surface area (Å²) >= 11 is 3.56. The zero-order valence-electron chi connectivity index (χ0n) is 6.85. The molecule has 1 aliphatic rings. The van der Waals surface area contributed by atoms with Crippen LogP contribution in [-0.2, 0) is 0 Å². The van der Waals surface area contributed by atoms with Crippen LogP contribution in [-0.4, -0.2) is 5.33 Å². The van der Waals surface area contributed by atoms with Crippen LogP contribution >= 0.6 is 15.9 Å². The van der Waals surface area contributed by atoms with Crippen molar-refractivity contribution >= 4 is 15.9 Å².